The average molecular weight is 535 g/mol. The number of hydrogen-bond acceptors (Lipinski definition) is 6. The maximum Gasteiger partial charge on any atom is 0.282 e. The zero-order valence-corrected chi connectivity index (χ0v) is 22.1. The van der Waals surface area contributed by atoms with Crippen molar-refractivity contribution >= 4 is 56.3 Å². The predicted octanol–water partition coefficient (Wildman–Crippen LogP) is 7.26. The number of fused-ring (bicyclic) bond motifs is 1. The van der Waals surface area contributed by atoms with Gasteiger partial charge in [-0.05, 0) is 62.4 Å². The lowest BCUT2D eigenvalue weighted by Crippen LogP contribution is -2.19. The van der Waals surface area contributed by atoms with Crippen LogP contribution in [0, 0.1) is 0 Å². The van der Waals surface area contributed by atoms with E-state index in [-0.39, 0.29) is 5.56 Å². The first-order valence-corrected chi connectivity index (χ1v) is 13.6. The van der Waals surface area contributed by atoms with Crippen molar-refractivity contribution < 1.29 is 4.74 Å². The van der Waals surface area contributed by atoms with Gasteiger partial charge in [0.2, 0.25) is 5.13 Å². The van der Waals surface area contributed by atoms with E-state index in [1.54, 1.807) is 11.8 Å². The van der Waals surface area contributed by atoms with Crippen LogP contribution in [0.2, 0.25) is 5.02 Å². The number of halogens is 1. The average Bonchev–Trinajstić information content (AvgIpc) is 3.45. The molecule has 0 aliphatic rings. The molecule has 5 aromatic rings. The molecule has 182 valence electrons. The van der Waals surface area contributed by atoms with E-state index in [4.69, 9.17) is 21.3 Å². The van der Waals surface area contributed by atoms with E-state index in [0.717, 1.165) is 20.8 Å². The van der Waals surface area contributed by atoms with Crippen molar-refractivity contribution in [2.24, 2.45) is 4.99 Å². The Balaban J connectivity index is 1.58. The number of aromatic nitrogens is 3. The molecular formula is C27H23ClN4O2S2. The second-order valence-electron chi connectivity index (χ2n) is 7.91. The van der Waals surface area contributed by atoms with Gasteiger partial charge < -0.3 is 4.74 Å². The lowest BCUT2D eigenvalue weighted by atomic mass is 10.1. The molecular weight excluding hydrogens is 512 g/mol. The smallest absolute Gasteiger partial charge is 0.282 e. The second-order valence-corrected chi connectivity index (χ2v) is 10.4. The number of thioether (sulfide) groups is 1. The van der Waals surface area contributed by atoms with Crippen molar-refractivity contribution in [3.63, 3.8) is 0 Å². The van der Waals surface area contributed by atoms with Crippen LogP contribution in [0.25, 0.3) is 15.3 Å². The summed E-state index contributed by atoms with van der Waals surface area (Å²) < 4.78 is 8.27. The number of benzene rings is 3. The summed E-state index contributed by atoms with van der Waals surface area (Å²) in [5.74, 6) is 1.22. The molecule has 6 nitrogen and oxygen atoms in total. The first kappa shape index (κ1) is 24.4. The summed E-state index contributed by atoms with van der Waals surface area (Å²) in [4.78, 5) is 24.3. The molecule has 0 spiro atoms. The zero-order chi connectivity index (χ0) is 25.1. The number of H-pyrrole nitrogens is 1. The second kappa shape index (κ2) is 10.7. The molecule has 9 heteroatoms. The Morgan fingerprint density at radius 3 is 2.64 bits per heavy atom. The molecule has 0 aliphatic heterocycles. The van der Waals surface area contributed by atoms with Gasteiger partial charge in [0.25, 0.3) is 5.56 Å². The fourth-order valence-electron chi connectivity index (χ4n) is 3.80. The molecule has 0 amide bonds. The first-order chi connectivity index (χ1) is 17.5. The molecule has 3 aromatic carbocycles. The van der Waals surface area contributed by atoms with Gasteiger partial charge in [0.05, 0.1) is 33.8 Å². The maximum absolute atomic E-state index is 13.7. The normalized spacial score (nSPS) is 11.8. The molecule has 2 heterocycles. The van der Waals surface area contributed by atoms with Gasteiger partial charge in [-0.2, -0.15) is 4.68 Å². The highest BCUT2D eigenvalue weighted by Crippen LogP contribution is 2.30. The summed E-state index contributed by atoms with van der Waals surface area (Å²) in [5.41, 5.74) is 3.26. The number of nitrogens with one attached hydrogen (secondary N) is 1. The molecule has 0 bridgehead atoms. The van der Waals surface area contributed by atoms with E-state index in [1.807, 2.05) is 86.6 Å². The van der Waals surface area contributed by atoms with Crippen molar-refractivity contribution in [3.05, 3.63) is 99.4 Å². The number of rotatable bonds is 8. The van der Waals surface area contributed by atoms with Crippen LogP contribution in [0.4, 0.5) is 5.69 Å². The monoisotopic (exact) mass is 534 g/mol. The highest BCUT2D eigenvalue weighted by Gasteiger charge is 2.20. The minimum absolute atomic E-state index is 0.184. The van der Waals surface area contributed by atoms with Crippen LogP contribution in [-0.4, -0.2) is 27.1 Å². The van der Waals surface area contributed by atoms with E-state index < -0.39 is 0 Å². The Morgan fingerprint density at radius 2 is 1.86 bits per heavy atom. The van der Waals surface area contributed by atoms with Gasteiger partial charge in [-0.15, -0.1) is 11.8 Å². The molecule has 0 radical (unpaired) electrons. The minimum Gasteiger partial charge on any atom is -0.492 e. The van der Waals surface area contributed by atoms with E-state index in [9.17, 15) is 4.79 Å². The molecule has 0 unspecified atom stereocenters. The molecule has 0 fully saturated rings. The third-order valence-electron chi connectivity index (χ3n) is 5.45. The molecule has 36 heavy (non-hydrogen) atoms. The van der Waals surface area contributed by atoms with Gasteiger partial charge >= 0.3 is 0 Å². The molecule has 0 aliphatic carbocycles. The van der Waals surface area contributed by atoms with E-state index in [2.05, 4.69) is 10.1 Å². The van der Waals surface area contributed by atoms with Gasteiger partial charge in [-0.1, -0.05) is 47.2 Å². The van der Waals surface area contributed by atoms with Gasteiger partial charge in [-0.3, -0.25) is 9.89 Å². The number of hydrogen-bond donors (Lipinski definition) is 1. The van der Waals surface area contributed by atoms with Crippen LogP contribution in [-0.2, 0) is 5.75 Å². The van der Waals surface area contributed by atoms with Crippen LogP contribution >= 0.6 is 34.7 Å². The minimum atomic E-state index is -0.184. The van der Waals surface area contributed by atoms with Crippen molar-refractivity contribution in [3.8, 4) is 10.9 Å². The molecule has 1 N–H and O–H groups in total. The number of aliphatic imine (C=N–C) groups is 1. The van der Waals surface area contributed by atoms with Gasteiger partial charge in [-0.25, -0.2) is 9.98 Å². The SMILES string of the molecule is CCOc1ccccc1N=C(C)c1c(CSc2ccc(Cl)cc2)[nH]n(-c2nc3ccccc3s2)c1=O. The lowest BCUT2D eigenvalue weighted by molar-refractivity contribution is 0.341. The Hall–Kier alpha value is -3.33. The third kappa shape index (κ3) is 5.11. The highest BCUT2D eigenvalue weighted by molar-refractivity contribution is 7.98. The molecule has 5 rings (SSSR count). The predicted molar refractivity (Wildman–Crippen MR) is 150 cm³/mol. The maximum atomic E-state index is 13.7. The Kier molecular flexibility index (Phi) is 7.27. The van der Waals surface area contributed by atoms with Crippen LogP contribution < -0.4 is 10.3 Å². The summed E-state index contributed by atoms with van der Waals surface area (Å²) in [6.07, 6.45) is 0. The standard InChI is InChI=1S/C27H23ClN4O2S2/c1-3-34-23-10-6-4-8-20(23)29-17(2)25-22(16-35-19-14-12-18(28)13-15-19)31-32(26(25)33)27-30-21-9-5-7-11-24(21)36-27/h4-15,31H,3,16H2,1-2H3. The van der Waals surface area contributed by atoms with E-state index >= 15 is 0 Å². The highest BCUT2D eigenvalue weighted by atomic mass is 35.5. The summed E-state index contributed by atoms with van der Waals surface area (Å²) in [5, 5.41) is 4.59. The Bertz CT molecular complexity index is 1570. The molecule has 0 atom stereocenters. The number of ether oxygens (including phenoxy) is 1. The van der Waals surface area contributed by atoms with Crippen molar-refractivity contribution in [2.75, 3.05) is 6.61 Å². The van der Waals surface area contributed by atoms with Crippen LogP contribution in [0.3, 0.4) is 0 Å². The number of aromatic amines is 1. The van der Waals surface area contributed by atoms with Crippen LogP contribution in [0.5, 0.6) is 5.75 Å². The summed E-state index contributed by atoms with van der Waals surface area (Å²) in [7, 11) is 0. The van der Waals surface area contributed by atoms with Gasteiger partial charge in [0, 0.05) is 15.7 Å². The topological polar surface area (TPSA) is 72.3 Å². The van der Waals surface area contributed by atoms with E-state index in [1.165, 1.54) is 16.0 Å². The number of nitrogens with zero attached hydrogens (tertiary/aromatic N) is 3. The third-order valence-corrected chi connectivity index (χ3v) is 7.76. The molecule has 0 saturated carbocycles. The van der Waals surface area contributed by atoms with Crippen LogP contribution in [0.1, 0.15) is 25.1 Å². The first-order valence-electron chi connectivity index (χ1n) is 11.4. The van der Waals surface area contributed by atoms with E-state index in [0.29, 0.717) is 45.2 Å². The van der Waals surface area contributed by atoms with Crippen LogP contribution in [0.15, 0.2) is 87.5 Å². The summed E-state index contributed by atoms with van der Waals surface area (Å²) in [6.45, 7) is 4.32. The fraction of sp³-hybridized carbons (Fsp3) is 0.148. The van der Waals surface area contributed by atoms with Crippen molar-refractivity contribution in [1.29, 1.82) is 0 Å². The fourth-order valence-corrected chi connectivity index (χ4v) is 5.70. The van der Waals surface area contributed by atoms with Gasteiger partial charge in [0.1, 0.15) is 11.4 Å². The summed E-state index contributed by atoms with van der Waals surface area (Å²) in [6, 6.07) is 23.1. The zero-order valence-electron chi connectivity index (χ0n) is 19.7. The largest absolute Gasteiger partial charge is 0.492 e. The molecule has 0 saturated heterocycles. The Morgan fingerprint density at radius 1 is 1.11 bits per heavy atom. The quantitative estimate of drug-likeness (QED) is 0.168. The van der Waals surface area contributed by atoms with Crippen molar-refractivity contribution in [1.82, 2.24) is 14.8 Å². The number of thiazole rings is 1. The Labute approximate surface area is 221 Å². The number of para-hydroxylation sites is 3. The lowest BCUT2D eigenvalue weighted by Gasteiger charge is -2.07. The van der Waals surface area contributed by atoms with Gasteiger partial charge in [0.15, 0.2) is 0 Å². The van der Waals surface area contributed by atoms with Crippen molar-refractivity contribution in [2.45, 2.75) is 24.5 Å². The molecule has 2 aromatic heterocycles. The summed E-state index contributed by atoms with van der Waals surface area (Å²) >= 11 is 9.12.